The molecule has 0 saturated carbocycles. The van der Waals surface area contributed by atoms with E-state index in [1.165, 1.54) is 0 Å². The average molecular weight is 275 g/mol. The van der Waals surface area contributed by atoms with Gasteiger partial charge in [-0.3, -0.25) is 0 Å². The number of pyridine rings is 1. The summed E-state index contributed by atoms with van der Waals surface area (Å²) >= 11 is 9.13. The number of carbonyl (C=O) groups is 1. The molecule has 3 nitrogen and oxygen atoms in total. The molecule has 0 aliphatic carbocycles. The maximum absolute atomic E-state index is 10.7. The van der Waals surface area contributed by atoms with E-state index >= 15 is 0 Å². The van der Waals surface area contributed by atoms with Crippen LogP contribution in [0.4, 0.5) is 0 Å². The molecular formula is C9H5BrClNO2. The number of aromatic nitrogens is 1. The van der Waals surface area contributed by atoms with Gasteiger partial charge in [-0.15, -0.1) is 0 Å². The summed E-state index contributed by atoms with van der Waals surface area (Å²) in [7, 11) is 0. The molecule has 0 atom stereocenters. The van der Waals surface area contributed by atoms with Crippen LogP contribution in [0.5, 0.6) is 0 Å². The largest absolute Gasteiger partial charge is 0.478 e. The van der Waals surface area contributed by atoms with Crippen LogP contribution in [0.1, 0.15) is 10.4 Å². The van der Waals surface area contributed by atoms with Crippen LogP contribution in [-0.4, -0.2) is 15.5 Å². The van der Waals surface area contributed by atoms with Crippen molar-refractivity contribution in [2.75, 3.05) is 0 Å². The predicted octanol–water partition coefficient (Wildman–Crippen LogP) is 3.05. The van der Waals surface area contributed by atoms with E-state index in [-0.39, 0.29) is 5.56 Å². The van der Waals surface area contributed by atoms with Crippen LogP contribution in [0.25, 0.3) is 5.52 Å². The van der Waals surface area contributed by atoms with E-state index < -0.39 is 5.97 Å². The van der Waals surface area contributed by atoms with Crippen LogP contribution in [0, 0.1) is 0 Å². The maximum Gasteiger partial charge on any atom is 0.337 e. The van der Waals surface area contributed by atoms with Gasteiger partial charge >= 0.3 is 5.97 Å². The molecule has 0 saturated heterocycles. The smallest absolute Gasteiger partial charge is 0.337 e. The molecule has 0 aromatic carbocycles. The molecule has 5 heteroatoms. The lowest BCUT2D eigenvalue weighted by molar-refractivity contribution is 0.0697. The molecule has 0 unspecified atom stereocenters. The number of carboxylic acid groups (broad SMARTS) is 1. The standard InChI is InChI=1S/C9H5BrClNO2/c10-7-4-12-3-5(9(13)14)1-6(12)2-8(7)11/h1-4H,(H,13,14). The second kappa shape index (κ2) is 3.29. The number of hydrogen-bond acceptors (Lipinski definition) is 1. The molecule has 0 amide bonds. The molecule has 0 spiro atoms. The minimum Gasteiger partial charge on any atom is -0.478 e. The molecule has 0 aliphatic heterocycles. The fourth-order valence-corrected chi connectivity index (χ4v) is 1.72. The summed E-state index contributed by atoms with van der Waals surface area (Å²) in [5.74, 6) is -0.944. The van der Waals surface area contributed by atoms with Crippen LogP contribution in [0.15, 0.2) is 29.0 Å². The average Bonchev–Trinajstić information content (AvgIpc) is 2.48. The molecule has 2 aromatic heterocycles. The zero-order valence-electron chi connectivity index (χ0n) is 6.87. The fourth-order valence-electron chi connectivity index (χ4n) is 1.22. The first-order chi connectivity index (χ1) is 6.58. The van der Waals surface area contributed by atoms with Crippen molar-refractivity contribution in [3.8, 4) is 0 Å². The summed E-state index contributed by atoms with van der Waals surface area (Å²) in [5, 5.41) is 9.33. The molecular weight excluding hydrogens is 269 g/mol. The highest BCUT2D eigenvalue weighted by Gasteiger charge is 2.07. The van der Waals surface area contributed by atoms with Gasteiger partial charge in [0.15, 0.2) is 0 Å². The van der Waals surface area contributed by atoms with Crippen molar-refractivity contribution >= 4 is 39.0 Å². The predicted molar refractivity (Wildman–Crippen MR) is 57.1 cm³/mol. The number of nitrogens with zero attached hydrogens (tertiary/aromatic N) is 1. The minimum absolute atomic E-state index is 0.249. The summed E-state index contributed by atoms with van der Waals surface area (Å²) in [6, 6.07) is 3.28. The summed E-state index contributed by atoms with van der Waals surface area (Å²) < 4.78 is 2.44. The van der Waals surface area contributed by atoms with E-state index in [9.17, 15) is 4.79 Å². The van der Waals surface area contributed by atoms with Crippen molar-refractivity contribution in [1.82, 2.24) is 4.40 Å². The molecule has 2 heterocycles. The normalized spacial score (nSPS) is 10.7. The second-order valence-corrected chi connectivity index (χ2v) is 4.10. The Kier molecular flexibility index (Phi) is 2.25. The van der Waals surface area contributed by atoms with E-state index in [0.717, 1.165) is 9.99 Å². The minimum atomic E-state index is -0.944. The van der Waals surface area contributed by atoms with Gasteiger partial charge < -0.3 is 9.51 Å². The lowest BCUT2D eigenvalue weighted by Crippen LogP contribution is -1.92. The Hall–Kier alpha value is -1.00. The highest BCUT2D eigenvalue weighted by molar-refractivity contribution is 9.10. The van der Waals surface area contributed by atoms with Crippen molar-refractivity contribution in [3.05, 3.63) is 39.6 Å². The Morgan fingerprint density at radius 1 is 1.43 bits per heavy atom. The summed E-state index contributed by atoms with van der Waals surface area (Å²) in [5.41, 5.74) is 1.01. The molecule has 0 radical (unpaired) electrons. The quantitative estimate of drug-likeness (QED) is 0.868. The summed E-state index contributed by atoms with van der Waals surface area (Å²) in [6.45, 7) is 0. The van der Waals surface area contributed by atoms with Crippen molar-refractivity contribution in [2.24, 2.45) is 0 Å². The number of fused-ring (bicyclic) bond motifs is 1. The fraction of sp³-hybridized carbons (Fsp3) is 0. The topological polar surface area (TPSA) is 41.7 Å². The molecule has 14 heavy (non-hydrogen) atoms. The zero-order valence-corrected chi connectivity index (χ0v) is 9.21. The van der Waals surface area contributed by atoms with Crippen molar-refractivity contribution < 1.29 is 9.90 Å². The molecule has 0 aliphatic rings. The lowest BCUT2D eigenvalue weighted by atomic mass is 10.3. The Bertz CT molecular complexity index is 482. The van der Waals surface area contributed by atoms with E-state index in [4.69, 9.17) is 16.7 Å². The number of halogens is 2. The van der Waals surface area contributed by atoms with Crippen LogP contribution >= 0.6 is 27.5 Å². The Morgan fingerprint density at radius 3 is 2.79 bits per heavy atom. The first kappa shape index (κ1) is 9.55. The Balaban J connectivity index is 2.72. The molecule has 1 N–H and O–H groups in total. The van der Waals surface area contributed by atoms with Gasteiger partial charge in [0, 0.05) is 17.9 Å². The van der Waals surface area contributed by atoms with Gasteiger partial charge in [0.1, 0.15) is 0 Å². The third-order valence-electron chi connectivity index (χ3n) is 1.88. The Morgan fingerprint density at radius 2 is 2.14 bits per heavy atom. The van der Waals surface area contributed by atoms with Crippen LogP contribution in [0.3, 0.4) is 0 Å². The molecule has 0 fully saturated rings. The highest BCUT2D eigenvalue weighted by atomic mass is 79.9. The van der Waals surface area contributed by atoms with E-state index in [1.807, 2.05) is 0 Å². The molecule has 72 valence electrons. The second-order valence-electron chi connectivity index (χ2n) is 2.84. The monoisotopic (exact) mass is 273 g/mol. The highest BCUT2D eigenvalue weighted by Crippen LogP contribution is 2.24. The molecule has 0 bridgehead atoms. The van der Waals surface area contributed by atoms with E-state index in [1.54, 1.807) is 28.9 Å². The zero-order chi connectivity index (χ0) is 10.3. The van der Waals surface area contributed by atoms with Gasteiger partial charge in [0.05, 0.1) is 15.1 Å². The lowest BCUT2D eigenvalue weighted by Gasteiger charge is -1.97. The number of carboxylic acids is 1. The Labute approximate surface area is 93.0 Å². The summed E-state index contributed by atoms with van der Waals surface area (Å²) in [4.78, 5) is 10.7. The number of rotatable bonds is 1. The van der Waals surface area contributed by atoms with Crippen molar-refractivity contribution in [1.29, 1.82) is 0 Å². The first-order valence-corrected chi connectivity index (χ1v) is 4.95. The third-order valence-corrected chi connectivity index (χ3v) is 3.05. The molecule has 2 rings (SSSR count). The van der Waals surface area contributed by atoms with Crippen LogP contribution in [-0.2, 0) is 0 Å². The number of aromatic carboxylic acids is 1. The van der Waals surface area contributed by atoms with Gasteiger partial charge in [-0.25, -0.2) is 4.79 Å². The maximum atomic E-state index is 10.7. The van der Waals surface area contributed by atoms with Crippen LogP contribution < -0.4 is 0 Å². The summed E-state index contributed by atoms with van der Waals surface area (Å²) in [6.07, 6.45) is 3.27. The van der Waals surface area contributed by atoms with Gasteiger partial charge in [0.2, 0.25) is 0 Å². The SMILES string of the molecule is O=C(O)c1cc2cc(Cl)c(Br)cn2c1. The number of hydrogen-bond donors (Lipinski definition) is 1. The molecule has 2 aromatic rings. The van der Waals surface area contributed by atoms with Crippen molar-refractivity contribution in [2.45, 2.75) is 0 Å². The van der Waals surface area contributed by atoms with E-state index in [2.05, 4.69) is 15.9 Å². The first-order valence-electron chi connectivity index (χ1n) is 3.78. The van der Waals surface area contributed by atoms with E-state index in [0.29, 0.717) is 5.02 Å². The van der Waals surface area contributed by atoms with Gasteiger partial charge in [-0.05, 0) is 28.1 Å². The van der Waals surface area contributed by atoms with Crippen molar-refractivity contribution in [3.63, 3.8) is 0 Å². The van der Waals surface area contributed by atoms with Crippen LogP contribution in [0.2, 0.25) is 5.02 Å². The van der Waals surface area contributed by atoms with Gasteiger partial charge in [-0.1, -0.05) is 11.6 Å². The third kappa shape index (κ3) is 1.51. The van der Waals surface area contributed by atoms with Gasteiger partial charge in [0.25, 0.3) is 0 Å². The van der Waals surface area contributed by atoms with Gasteiger partial charge in [-0.2, -0.15) is 0 Å².